The molecule has 3 heteroatoms. The van der Waals surface area contributed by atoms with Crippen molar-refractivity contribution in [2.45, 2.75) is 17.9 Å². The smallest absolute Gasteiger partial charge is 0.0681 e. The average Bonchev–Trinajstić information content (AvgIpc) is 2.80. The molecule has 0 amide bonds. The van der Waals surface area contributed by atoms with Crippen molar-refractivity contribution in [2.24, 2.45) is 5.92 Å². The average molecular weight is 224 g/mol. The van der Waals surface area contributed by atoms with E-state index in [1.807, 2.05) is 23.9 Å². The Balaban J connectivity index is 1.82. The maximum absolute atomic E-state index is 8.91. The maximum Gasteiger partial charge on any atom is 0.0681 e. The third kappa shape index (κ3) is 3.23. The highest BCUT2D eigenvalue weighted by Crippen LogP contribution is 2.24. The van der Waals surface area contributed by atoms with E-state index < -0.39 is 0 Å². The van der Waals surface area contributed by atoms with E-state index in [1.165, 1.54) is 11.3 Å². The summed E-state index contributed by atoms with van der Waals surface area (Å²) in [5, 5.41) is 8.91. The molecule has 1 aromatic carbocycles. The van der Waals surface area contributed by atoms with Gasteiger partial charge in [0.25, 0.3) is 0 Å². The highest BCUT2D eigenvalue weighted by molar-refractivity contribution is 7.99. The topological polar surface area (TPSA) is 29.5 Å². The Morgan fingerprint density at radius 3 is 2.73 bits per heavy atom. The van der Waals surface area contributed by atoms with Crippen molar-refractivity contribution in [3.05, 3.63) is 29.8 Å². The number of rotatable bonds is 4. The van der Waals surface area contributed by atoms with Gasteiger partial charge < -0.3 is 9.84 Å². The molecule has 1 unspecified atom stereocenters. The molecule has 15 heavy (non-hydrogen) atoms. The standard InChI is InChI=1S/C12H16O2S/c13-7-10-1-3-12(4-2-10)15-9-11-5-6-14-8-11/h1-4,11,13H,5-9H2. The number of benzene rings is 1. The van der Waals surface area contributed by atoms with Gasteiger partial charge in [0, 0.05) is 17.3 Å². The van der Waals surface area contributed by atoms with Gasteiger partial charge in [-0.2, -0.15) is 0 Å². The van der Waals surface area contributed by atoms with Crippen LogP contribution in [0.1, 0.15) is 12.0 Å². The van der Waals surface area contributed by atoms with E-state index in [2.05, 4.69) is 12.1 Å². The number of ether oxygens (including phenoxy) is 1. The maximum atomic E-state index is 8.91. The highest BCUT2D eigenvalue weighted by atomic mass is 32.2. The number of aliphatic hydroxyl groups is 1. The Kier molecular flexibility index (Phi) is 4.06. The lowest BCUT2D eigenvalue weighted by Crippen LogP contribution is -2.01. The zero-order valence-corrected chi connectivity index (χ0v) is 9.50. The molecule has 0 spiro atoms. The SMILES string of the molecule is OCc1ccc(SCC2CCOC2)cc1. The molecule has 1 aliphatic heterocycles. The first-order valence-corrected chi connectivity index (χ1v) is 6.27. The molecule has 0 radical (unpaired) electrons. The number of aliphatic hydroxyl groups excluding tert-OH is 1. The van der Waals surface area contributed by atoms with Crippen molar-refractivity contribution < 1.29 is 9.84 Å². The first-order chi connectivity index (χ1) is 7.38. The fourth-order valence-electron chi connectivity index (χ4n) is 1.62. The van der Waals surface area contributed by atoms with Gasteiger partial charge in [-0.1, -0.05) is 12.1 Å². The highest BCUT2D eigenvalue weighted by Gasteiger charge is 2.15. The van der Waals surface area contributed by atoms with Crippen molar-refractivity contribution in [1.29, 1.82) is 0 Å². The van der Waals surface area contributed by atoms with E-state index in [9.17, 15) is 0 Å². The van der Waals surface area contributed by atoms with Crippen molar-refractivity contribution in [3.8, 4) is 0 Å². The molecular formula is C12H16O2S. The molecule has 0 aromatic heterocycles. The molecular weight excluding hydrogens is 208 g/mol. The minimum atomic E-state index is 0.126. The Morgan fingerprint density at radius 2 is 2.13 bits per heavy atom. The fourth-order valence-corrected chi connectivity index (χ4v) is 2.64. The Labute approximate surface area is 94.6 Å². The van der Waals surface area contributed by atoms with E-state index in [4.69, 9.17) is 9.84 Å². The van der Waals surface area contributed by atoms with Gasteiger partial charge in [-0.15, -0.1) is 11.8 Å². The van der Waals surface area contributed by atoms with Crippen LogP contribution < -0.4 is 0 Å². The molecule has 1 N–H and O–H groups in total. The normalized spacial score (nSPS) is 20.7. The van der Waals surface area contributed by atoms with E-state index in [1.54, 1.807) is 0 Å². The summed E-state index contributed by atoms with van der Waals surface area (Å²) in [5.41, 5.74) is 0.976. The predicted octanol–water partition coefficient (Wildman–Crippen LogP) is 2.31. The summed E-state index contributed by atoms with van der Waals surface area (Å²) in [6.07, 6.45) is 1.20. The van der Waals surface area contributed by atoms with Crippen LogP contribution >= 0.6 is 11.8 Å². The number of thioether (sulfide) groups is 1. The quantitative estimate of drug-likeness (QED) is 0.796. The zero-order chi connectivity index (χ0) is 10.5. The van der Waals surface area contributed by atoms with Crippen molar-refractivity contribution in [2.75, 3.05) is 19.0 Å². The minimum absolute atomic E-state index is 0.126. The second-order valence-corrected chi connectivity index (χ2v) is 4.94. The predicted molar refractivity (Wildman–Crippen MR) is 62.0 cm³/mol. The largest absolute Gasteiger partial charge is 0.392 e. The lowest BCUT2D eigenvalue weighted by Gasteiger charge is -2.07. The number of hydrogen-bond donors (Lipinski definition) is 1. The van der Waals surface area contributed by atoms with Gasteiger partial charge in [0.1, 0.15) is 0 Å². The van der Waals surface area contributed by atoms with Gasteiger partial charge in [-0.3, -0.25) is 0 Å². The van der Waals surface area contributed by atoms with E-state index in [0.29, 0.717) is 5.92 Å². The van der Waals surface area contributed by atoms with Crippen LogP contribution in [0.25, 0.3) is 0 Å². The van der Waals surface area contributed by atoms with Gasteiger partial charge in [-0.05, 0) is 30.0 Å². The van der Waals surface area contributed by atoms with E-state index in [-0.39, 0.29) is 6.61 Å². The fraction of sp³-hybridized carbons (Fsp3) is 0.500. The monoisotopic (exact) mass is 224 g/mol. The summed E-state index contributed by atoms with van der Waals surface area (Å²) in [6, 6.07) is 8.11. The molecule has 1 heterocycles. The number of hydrogen-bond acceptors (Lipinski definition) is 3. The summed E-state index contributed by atoms with van der Waals surface area (Å²) in [4.78, 5) is 1.28. The third-order valence-corrected chi connectivity index (χ3v) is 3.86. The van der Waals surface area contributed by atoms with Crippen LogP contribution in [-0.4, -0.2) is 24.1 Å². The van der Waals surface area contributed by atoms with Gasteiger partial charge in [0.05, 0.1) is 13.2 Å². The molecule has 0 saturated carbocycles. The molecule has 1 fully saturated rings. The molecule has 82 valence electrons. The summed E-state index contributed by atoms with van der Waals surface area (Å²) >= 11 is 1.88. The molecule has 2 nitrogen and oxygen atoms in total. The molecule has 1 aliphatic rings. The van der Waals surface area contributed by atoms with Crippen LogP contribution in [0.3, 0.4) is 0 Å². The molecule has 0 aliphatic carbocycles. The van der Waals surface area contributed by atoms with Crippen LogP contribution in [0.15, 0.2) is 29.2 Å². The minimum Gasteiger partial charge on any atom is -0.392 e. The Bertz CT molecular complexity index is 291. The van der Waals surface area contributed by atoms with Crippen molar-refractivity contribution in [3.63, 3.8) is 0 Å². The molecule has 2 rings (SSSR count). The van der Waals surface area contributed by atoms with Crippen molar-refractivity contribution >= 4 is 11.8 Å². The Hall–Kier alpha value is -0.510. The summed E-state index contributed by atoms with van der Waals surface area (Å²) < 4.78 is 5.34. The second-order valence-electron chi connectivity index (χ2n) is 3.84. The van der Waals surface area contributed by atoms with Crippen LogP contribution in [0, 0.1) is 5.92 Å². The zero-order valence-electron chi connectivity index (χ0n) is 8.69. The summed E-state index contributed by atoms with van der Waals surface area (Å²) in [7, 11) is 0. The summed E-state index contributed by atoms with van der Waals surface area (Å²) in [6.45, 7) is 1.97. The summed E-state index contributed by atoms with van der Waals surface area (Å²) in [5.74, 6) is 1.85. The van der Waals surface area contributed by atoms with Gasteiger partial charge >= 0.3 is 0 Å². The Morgan fingerprint density at radius 1 is 1.33 bits per heavy atom. The molecule has 1 saturated heterocycles. The lowest BCUT2D eigenvalue weighted by atomic mass is 10.2. The van der Waals surface area contributed by atoms with Crippen LogP contribution in [0.4, 0.5) is 0 Å². The van der Waals surface area contributed by atoms with E-state index >= 15 is 0 Å². The van der Waals surface area contributed by atoms with E-state index in [0.717, 1.165) is 24.5 Å². The van der Waals surface area contributed by atoms with Gasteiger partial charge in [0.2, 0.25) is 0 Å². The van der Waals surface area contributed by atoms with Gasteiger partial charge in [0.15, 0.2) is 0 Å². The van der Waals surface area contributed by atoms with Crippen LogP contribution in [0.2, 0.25) is 0 Å². The van der Waals surface area contributed by atoms with Gasteiger partial charge in [-0.25, -0.2) is 0 Å². The first kappa shape index (κ1) is 11.0. The van der Waals surface area contributed by atoms with Crippen LogP contribution in [0.5, 0.6) is 0 Å². The van der Waals surface area contributed by atoms with Crippen molar-refractivity contribution in [1.82, 2.24) is 0 Å². The molecule has 0 bridgehead atoms. The second kappa shape index (κ2) is 5.54. The lowest BCUT2D eigenvalue weighted by molar-refractivity contribution is 0.189. The first-order valence-electron chi connectivity index (χ1n) is 5.29. The molecule has 1 aromatic rings. The van der Waals surface area contributed by atoms with Crippen LogP contribution in [-0.2, 0) is 11.3 Å². The third-order valence-electron chi connectivity index (χ3n) is 2.62. The molecule has 1 atom stereocenters.